The first-order chi connectivity index (χ1) is 36.2. The van der Waals surface area contributed by atoms with E-state index in [1.54, 1.807) is 0 Å². The van der Waals surface area contributed by atoms with Gasteiger partial charge in [0.25, 0.3) is 0 Å². The van der Waals surface area contributed by atoms with Crippen LogP contribution in [0.5, 0.6) is 0 Å². The molecule has 0 N–H and O–H groups in total. The maximum atomic E-state index is 5.34. The van der Waals surface area contributed by atoms with Gasteiger partial charge in [0.1, 0.15) is 0 Å². The first kappa shape index (κ1) is 41.0. The average Bonchev–Trinajstić information content (AvgIpc) is 4.11. The number of rotatable bonds is 7. The molecule has 0 fully saturated rings. The first-order valence-corrected chi connectivity index (χ1v) is 24.9. The molecule has 0 atom stereocenters. The summed E-state index contributed by atoms with van der Waals surface area (Å²) in [7, 11) is 0. The summed E-state index contributed by atoms with van der Waals surface area (Å²) < 4.78 is 7.21. The minimum absolute atomic E-state index is 0.678. The van der Waals surface area contributed by atoms with E-state index >= 15 is 0 Å². The fourth-order valence-corrected chi connectivity index (χ4v) is 11.4. The van der Waals surface area contributed by atoms with Crippen molar-refractivity contribution < 1.29 is 0 Å². The lowest BCUT2D eigenvalue weighted by Gasteiger charge is -2.16. The molecule has 340 valence electrons. The second-order valence-electron chi connectivity index (χ2n) is 19.0. The van der Waals surface area contributed by atoms with E-state index in [1.807, 2.05) is 6.07 Å². The van der Waals surface area contributed by atoms with Crippen molar-refractivity contribution in [2.75, 3.05) is 0 Å². The SMILES string of the molecule is c1ccc(-c2cc(-c3ccc(-n4c5ccccc5c5ccccc54)cc3)nc(-c3ccc4ccc(-c5cc(-n6c7ccccc7c7ccccc76)cc(-n6c7ccccc7c7ccccc76)c5)cc4c3)n2)cc1. The van der Waals surface area contributed by atoms with Crippen molar-refractivity contribution in [1.29, 1.82) is 0 Å². The van der Waals surface area contributed by atoms with E-state index in [0.717, 1.165) is 67.0 Å². The van der Waals surface area contributed by atoms with Crippen molar-refractivity contribution in [1.82, 2.24) is 23.7 Å². The van der Waals surface area contributed by atoms with Crippen LogP contribution in [0.25, 0.3) is 138 Å². The third kappa shape index (κ3) is 6.63. The second-order valence-corrected chi connectivity index (χ2v) is 19.0. The van der Waals surface area contributed by atoms with Gasteiger partial charge >= 0.3 is 0 Å². The molecule has 15 aromatic rings. The summed E-state index contributed by atoms with van der Waals surface area (Å²) in [5, 5.41) is 9.69. The molecule has 0 aliphatic carbocycles. The van der Waals surface area contributed by atoms with E-state index in [9.17, 15) is 0 Å². The minimum Gasteiger partial charge on any atom is -0.309 e. The van der Waals surface area contributed by atoms with Crippen molar-refractivity contribution in [2.24, 2.45) is 0 Å². The Hall–Kier alpha value is -9.84. The Morgan fingerprint density at radius 2 is 0.575 bits per heavy atom. The van der Waals surface area contributed by atoms with Gasteiger partial charge < -0.3 is 13.7 Å². The highest BCUT2D eigenvalue weighted by molar-refractivity contribution is 6.11. The van der Waals surface area contributed by atoms with Gasteiger partial charge in [0.15, 0.2) is 5.82 Å². The monoisotopic (exact) mass is 929 g/mol. The van der Waals surface area contributed by atoms with E-state index in [0.29, 0.717) is 5.82 Å². The van der Waals surface area contributed by atoms with Gasteiger partial charge in [-0.05, 0) is 107 Å². The molecular weight excluding hydrogens is 887 g/mol. The molecular formula is C68H43N5. The van der Waals surface area contributed by atoms with Crippen molar-refractivity contribution in [3.8, 4) is 62.1 Å². The maximum Gasteiger partial charge on any atom is 0.160 e. The molecule has 0 amide bonds. The molecule has 0 aliphatic rings. The fourth-order valence-electron chi connectivity index (χ4n) is 11.4. The van der Waals surface area contributed by atoms with Gasteiger partial charge in [0.2, 0.25) is 0 Å². The molecule has 15 rings (SSSR count). The van der Waals surface area contributed by atoms with Crippen LogP contribution < -0.4 is 0 Å². The van der Waals surface area contributed by atoms with E-state index in [2.05, 4.69) is 268 Å². The lowest BCUT2D eigenvalue weighted by Crippen LogP contribution is -2.00. The van der Waals surface area contributed by atoms with Gasteiger partial charge in [-0.25, -0.2) is 9.97 Å². The largest absolute Gasteiger partial charge is 0.309 e. The van der Waals surface area contributed by atoms with Gasteiger partial charge in [-0.1, -0.05) is 176 Å². The number of benzene rings is 11. The molecule has 0 aliphatic heterocycles. The number of hydrogen-bond acceptors (Lipinski definition) is 2. The van der Waals surface area contributed by atoms with Crippen molar-refractivity contribution in [2.45, 2.75) is 0 Å². The van der Waals surface area contributed by atoms with Crippen LogP contribution in [-0.4, -0.2) is 23.7 Å². The topological polar surface area (TPSA) is 40.6 Å². The van der Waals surface area contributed by atoms with E-state index in [1.165, 1.54) is 65.4 Å². The first-order valence-electron chi connectivity index (χ1n) is 24.9. The molecule has 5 heteroatoms. The third-order valence-electron chi connectivity index (χ3n) is 14.8. The lowest BCUT2D eigenvalue weighted by molar-refractivity contribution is 1.13. The fraction of sp³-hybridized carbons (Fsp3) is 0. The summed E-state index contributed by atoms with van der Waals surface area (Å²) in [5.41, 5.74) is 17.4. The zero-order chi connectivity index (χ0) is 48.0. The Morgan fingerprint density at radius 1 is 0.219 bits per heavy atom. The Balaban J connectivity index is 0.882. The van der Waals surface area contributed by atoms with Crippen LogP contribution in [0.1, 0.15) is 0 Å². The van der Waals surface area contributed by atoms with Crippen molar-refractivity contribution in [3.63, 3.8) is 0 Å². The zero-order valence-corrected chi connectivity index (χ0v) is 39.6. The summed E-state index contributed by atoms with van der Waals surface area (Å²) >= 11 is 0. The molecule has 0 saturated carbocycles. The minimum atomic E-state index is 0.678. The van der Waals surface area contributed by atoms with Crippen LogP contribution in [0.15, 0.2) is 261 Å². The molecule has 11 aromatic carbocycles. The van der Waals surface area contributed by atoms with Gasteiger partial charge in [-0.15, -0.1) is 0 Å². The lowest BCUT2D eigenvalue weighted by atomic mass is 9.98. The van der Waals surface area contributed by atoms with Crippen LogP contribution in [0.2, 0.25) is 0 Å². The van der Waals surface area contributed by atoms with Gasteiger partial charge in [-0.3, -0.25) is 0 Å². The molecule has 0 spiro atoms. The molecule has 4 aromatic heterocycles. The summed E-state index contributed by atoms with van der Waals surface area (Å²) in [4.78, 5) is 10.6. The van der Waals surface area contributed by atoms with Gasteiger partial charge in [0.05, 0.1) is 44.5 Å². The average molecular weight is 930 g/mol. The molecule has 4 heterocycles. The zero-order valence-electron chi connectivity index (χ0n) is 39.6. The van der Waals surface area contributed by atoms with Crippen LogP contribution in [0, 0.1) is 0 Å². The van der Waals surface area contributed by atoms with E-state index in [4.69, 9.17) is 9.97 Å². The van der Waals surface area contributed by atoms with Crippen LogP contribution in [0.3, 0.4) is 0 Å². The smallest absolute Gasteiger partial charge is 0.160 e. The highest BCUT2D eigenvalue weighted by Crippen LogP contribution is 2.40. The number of hydrogen-bond donors (Lipinski definition) is 0. The van der Waals surface area contributed by atoms with Crippen LogP contribution in [-0.2, 0) is 0 Å². The maximum absolute atomic E-state index is 5.34. The van der Waals surface area contributed by atoms with E-state index < -0.39 is 0 Å². The predicted octanol–water partition coefficient (Wildman–Crippen LogP) is 17.6. The summed E-state index contributed by atoms with van der Waals surface area (Å²) in [5.74, 6) is 0.678. The standard InChI is InChI=1S/C68H43N5/c1-2-16-45(17-3-1)60-43-61(46-34-36-51(37-35-46)71-62-24-10-4-18-54(62)55-19-5-11-25-63(55)71)70-68(69-60)48-33-31-44-30-32-47(38-49(44)39-48)50-40-52(72-64-26-12-6-20-56(64)57-21-7-13-27-65(57)72)42-53(41-50)73-66-28-14-8-22-58(66)59-23-9-15-29-67(59)73/h1-43H. The highest BCUT2D eigenvalue weighted by atomic mass is 15.0. The summed E-state index contributed by atoms with van der Waals surface area (Å²) in [6, 6.07) is 94.1. The van der Waals surface area contributed by atoms with Gasteiger partial charge in [-0.2, -0.15) is 0 Å². The summed E-state index contributed by atoms with van der Waals surface area (Å²) in [6.45, 7) is 0. The second kappa shape index (κ2) is 16.4. The van der Waals surface area contributed by atoms with Crippen molar-refractivity contribution in [3.05, 3.63) is 261 Å². The highest BCUT2D eigenvalue weighted by Gasteiger charge is 2.19. The number of para-hydroxylation sites is 6. The predicted molar refractivity (Wildman–Crippen MR) is 304 cm³/mol. The Morgan fingerprint density at radius 3 is 1.03 bits per heavy atom. The number of nitrogens with zero attached hydrogens (tertiary/aromatic N) is 5. The summed E-state index contributed by atoms with van der Waals surface area (Å²) in [6.07, 6.45) is 0. The molecule has 0 bridgehead atoms. The Bertz CT molecular complexity index is 4380. The van der Waals surface area contributed by atoms with Crippen LogP contribution in [0.4, 0.5) is 0 Å². The van der Waals surface area contributed by atoms with Crippen LogP contribution >= 0.6 is 0 Å². The molecule has 0 unspecified atom stereocenters. The quantitative estimate of drug-likeness (QED) is 0.160. The third-order valence-corrected chi connectivity index (χ3v) is 14.8. The van der Waals surface area contributed by atoms with Gasteiger partial charge in [0, 0.05) is 66.1 Å². The molecule has 73 heavy (non-hydrogen) atoms. The number of aromatic nitrogens is 5. The number of fused-ring (bicyclic) bond motifs is 10. The normalized spacial score (nSPS) is 11.8. The molecule has 0 saturated heterocycles. The van der Waals surface area contributed by atoms with Crippen molar-refractivity contribution >= 4 is 76.2 Å². The molecule has 5 nitrogen and oxygen atoms in total. The Labute approximate surface area is 420 Å². The molecule has 0 radical (unpaired) electrons. The van der Waals surface area contributed by atoms with E-state index in [-0.39, 0.29) is 0 Å². The Kier molecular flexibility index (Phi) is 9.19.